The predicted octanol–water partition coefficient (Wildman–Crippen LogP) is -3.13. The van der Waals surface area contributed by atoms with Gasteiger partial charge in [0.15, 0.2) is 12.5 Å². The lowest BCUT2D eigenvalue weighted by molar-refractivity contribution is -0.455. The third-order valence-corrected chi connectivity index (χ3v) is 17.7. The summed E-state index contributed by atoms with van der Waals surface area (Å²) in [6.07, 6.45) is -20.6. The van der Waals surface area contributed by atoms with E-state index in [0.717, 1.165) is 52.6 Å². The Kier molecular flexibility index (Phi) is 22.5. The Morgan fingerprint density at radius 2 is 0.858 bits per heavy atom. The maximum Gasteiger partial charge on any atom is 0.385 e. The van der Waals surface area contributed by atoms with Crippen molar-refractivity contribution in [3.8, 4) is 0 Å². The molecular weight excluding hydrogens is 1500 g/mol. The van der Waals surface area contributed by atoms with E-state index in [4.69, 9.17) is 18.9 Å². The Hall–Kier alpha value is -7.84. The van der Waals surface area contributed by atoms with Crippen molar-refractivity contribution in [3.63, 3.8) is 0 Å². The molecule has 106 heavy (non-hydrogen) atoms. The normalized spacial score (nSPS) is 27.6. The van der Waals surface area contributed by atoms with Gasteiger partial charge in [-0.25, -0.2) is 28.3 Å². The van der Waals surface area contributed by atoms with Gasteiger partial charge in [-0.15, -0.1) is 20.4 Å². The highest BCUT2D eigenvalue weighted by molar-refractivity contribution is 5.17. The average molecular weight is 1560 g/mol. The zero-order chi connectivity index (χ0) is 78.3. The van der Waals surface area contributed by atoms with Gasteiger partial charge in [-0.1, -0.05) is 20.9 Å². The lowest BCUT2D eigenvalue weighted by Crippen LogP contribution is -2.75. The van der Waals surface area contributed by atoms with E-state index >= 15 is 0 Å². The van der Waals surface area contributed by atoms with Crippen molar-refractivity contribution < 1.29 is 150 Å². The van der Waals surface area contributed by atoms with E-state index in [2.05, 4.69) is 50.7 Å². The molecule has 6 aromatic heterocycles. The van der Waals surface area contributed by atoms with Gasteiger partial charge in [0.1, 0.15) is 104 Å². The van der Waals surface area contributed by atoms with Crippen LogP contribution < -0.4 is 22.5 Å². The average Bonchev–Trinajstić information content (AvgIpc) is 1.16. The first kappa shape index (κ1) is 80.7. The first-order chi connectivity index (χ1) is 49.3. The van der Waals surface area contributed by atoms with Gasteiger partial charge in [0.25, 0.3) is 11.1 Å². The predicted molar refractivity (Wildman–Crippen MR) is 304 cm³/mol. The Morgan fingerprint density at radius 3 is 1.29 bits per heavy atom. The molecule has 12 unspecified atom stereocenters. The third-order valence-electron chi connectivity index (χ3n) is 17.7. The molecule has 10 rings (SSSR count). The van der Waals surface area contributed by atoms with Crippen molar-refractivity contribution in [1.82, 2.24) is 78.2 Å². The highest BCUT2D eigenvalue weighted by Gasteiger charge is 2.95. The van der Waals surface area contributed by atoms with Gasteiger partial charge in [0, 0.05) is 36.4 Å². The van der Waals surface area contributed by atoms with Crippen LogP contribution in [0.25, 0.3) is 0 Å². The van der Waals surface area contributed by atoms with E-state index in [1.165, 1.54) is 13.8 Å². The molecule has 16 atom stereocenters. The maximum atomic E-state index is 14.9. The summed E-state index contributed by atoms with van der Waals surface area (Å²) in [5.41, 5.74) is -5.82. The van der Waals surface area contributed by atoms with E-state index in [1.807, 2.05) is 0 Å². The number of hydrogen-bond acceptors (Lipinski definition) is 28. The molecule has 10 N–H and O–H groups in total. The Balaban J connectivity index is 0.711. The molecule has 0 aromatic carbocycles. The molecule has 4 fully saturated rings. The fourth-order valence-electron chi connectivity index (χ4n) is 11.7. The van der Waals surface area contributed by atoms with E-state index in [1.54, 1.807) is 0 Å². The molecule has 52 heteroatoms. The number of aliphatic hydroxyl groups is 10. The highest BCUT2D eigenvalue weighted by Crippen LogP contribution is 2.64. The first-order valence-corrected chi connectivity index (χ1v) is 31.0. The number of hydrogen-bond donors (Lipinski definition) is 10. The smallest absolute Gasteiger partial charge is 0.385 e. The van der Waals surface area contributed by atoms with Crippen LogP contribution in [0.15, 0.2) is 56.4 Å². The lowest BCUT2D eigenvalue weighted by Gasteiger charge is -2.43. The second kappa shape index (κ2) is 29.6. The minimum absolute atomic E-state index is 0.0874. The van der Waals surface area contributed by atoms with E-state index in [-0.39, 0.29) is 22.5 Å². The van der Waals surface area contributed by atoms with Crippen LogP contribution in [0.3, 0.4) is 0 Å². The number of rotatable bonds is 29. The Morgan fingerprint density at radius 1 is 0.462 bits per heavy atom. The summed E-state index contributed by atoms with van der Waals surface area (Å²) in [4.78, 5) is 54.0. The SMILES string of the molecule is Cc1cn([C@H]2CC(O)[C@@H](Cn3cc(COCC(F)(F)C(F)(F)C(F)(F)C(F)(F)C(F)(F)C(F)(F)C(F)(F)C(F)(F)COCc4cn(C[C@H]5O[C@@H](n6cc(C)c(=O)n(Cc7cnnn7C7OC(CO)C(O)C(O)C7O)c6=O)CC5O)nn4)nn3)O2)c(=O)n(Cc2cn(C3OC(CO)C(O)C(O)C3O)nn2)c1=O. The van der Waals surface area contributed by atoms with Gasteiger partial charge in [0.2, 0.25) is 0 Å². The zero-order valence-electron chi connectivity index (χ0n) is 53.9. The van der Waals surface area contributed by atoms with Crippen molar-refractivity contribution >= 4 is 0 Å². The largest absolute Gasteiger partial charge is 0.394 e. The fourth-order valence-corrected chi connectivity index (χ4v) is 11.7. The van der Waals surface area contributed by atoms with Crippen molar-refractivity contribution in [1.29, 1.82) is 0 Å². The minimum Gasteiger partial charge on any atom is -0.394 e. The van der Waals surface area contributed by atoms with Crippen LogP contribution in [0, 0.1) is 13.8 Å². The number of aryl methyl sites for hydroxylation is 2. The second-order valence-corrected chi connectivity index (χ2v) is 25.2. The van der Waals surface area contributed by atoms with Crippen LogP contribution in [-0.2, 0) is 67.8 Å². The summed E-state index contributed by atoms with van der Waals surface area (Å²) >= 11 is 0. The molecule has 0 bridgehead atoms. The van der Waals surface area contributed by atoms with Crippen molar-refractivity contribution in [2.24, 2.45) is 0 Å². The van der Waals surface area contributed by atoms with Crippen LogP contribution in [0.1, 0.15) is 71.7 Å². The van der Waals surface area contributed by atoms with Gasteiger partial charge < -0.3 is 79.5 Å². The topological polar surface area (TPSA) is 469 Å². The van der Waals surface area contributed by atoms with Crippen LogP contribution >= 0.6 is 0 Å². The molecule has 10 heterocycles. The second-order valence-electron chi connectivity index (χ2n) is 25.2. The quantitative estimate of drug-likeness (QED) is 0.0208. The first-order valence-electron chi connectivity index (χ1n) is 31.0. The monoisotopic (exact) mass is 1560 g/mol. The van der Waals surface area contributed by atoms with Crippen molar-refractivity contribution in [2.45, 2.75) is 212 Å². The minimum atomic E-state index is -8.79. The molecule has 6 aromatic rings. The van der Waals surface area contributed by atoms with Crippen LogP contribution in [-0.4, -0.2) is 276 Å². The Bertz CT molecular complexity index is 4350. The molecule has 0 saturated carbocycles. The molecular formula is C54H62F16N16O20. The number of nitrogens with zero attached hydrogens (tertiary/aromatic N) is 16. The molecule has 590 valence electrons. The number of aromatic nitrogens is 16. The summed E-state index contributed by atoms with van der Waals surface area (Å²) in [5.74, 6) is -64.5. The highest BCUT2D eigenvalue weighted by atomic mass is 19.4. The number of aliphatic hydroxyl groups excluding tert-OH is 10. The van der Waals surface area contributed by atoms with Crippen LogP contribution in [0.2, 0.25) is 0 Å². The third kappa shape index (κ3) is 14.4. The van der Waals surface area contributed by atoms with Gasteiger partial charge in [-0.3, -0.25) is 27.9 Å². The summed E-state index contributed by atoms with van der Waals surface area (Å²) in [7, 11) is 0. The molecule has 36 nitrogen and oxygen atoms in total. The zero-order valence-corrected chi connectivity index (χ0v) is 53.9. The van der Waals surface area contributed by atoms with Crippen LogP contribution in [0.5, 0.6) is 0 Å². The standard InChI is InChI=1S/C54H62F16N16O20/c1-21-6-81(45(99)83(41(21)97)10-23-11-85(78-72-23)43-39(95)37(93)35(91)31(15-87)105-43)33-3-27(89)29(103-33)13-79-8-24(73-76-79)17-101-19-47(55,56)49(59,60)51(63,64)53(67,68)54(69,70)52(65,66)50(61,62)48(57,58)20-102-18-25-9-80(77-74-25)14-30-28(90)4-34(104-30)82-7-22(2)42(98)84(46(82)100)12-26-5-71-75-86(26)44-40(96)38(94)36(92)32(16-88)106-44/h5-9,11,27-40,43-44,87-96H,3-4,10,12-20H2,1-2H3/t27?,28?,29-,30-,31?,32?,33-,34-,35?,36?,37?,38?,39?,40?,43?,44?/m1/s1. The number of ether oxygens (including phenoxy) is 6. The molecule has 0 aliphatic carbocycles. The molecule has 0 radical (unpaired) electrons. The number of alkyl halides is 16. The number of halogens is 16. The molecule has 4 aliphatic rings. The van der Waals surface area contributed by atoms with Gasteiger partial charge in [-0.2, -0.15) is 70.2 Å². The summed E-state index contributed by atoms with van der Waals surface area (Å²) in [5, 5.41) is 131. The summed E-state index contributed by atoms with van der Waals surface area (Å²) < 4.78 is 275. The molecule has 0 spiro atoms. The Labute approximate surface area is 577 Å². The van der Waals surface area contributed by atoms with Gasteiger partial charge in [0.05, 0.1) is 95.3 Å². The molecule has 4 saturated heterocycles. The lowest BCUT2D eigenvalue weighted by atomic mass is 9.88. The van der Waals surface area contributed by atoms with E-state index in [0.29, 0.717) is 21.5 Å². The maximum absolute atomic E-state index is 14.9. The molecule has 0 amide bonds. The fraction of sp³-hybridized carbons (Fsp3) is 0.704. The van der Waals surface area contributed by atoms with Crippen molar-refractivity contribution in [3.05, 3.63) is 113 Å². The molecule has 4 aliphatic heterocycles. The van der Waals surface area contributed by atoms with Crippen LogP contribution in [0.4, 0.5) is 70.2 Å². The van der Waals surface area contributed by atoms with E-state index < -0.39 is 258 Å². The summed E-state index contributed by atoms with van der Waals surface area (Å²) in [6.45, 7) is -11.1. The van der Waals surface area contributed by atoms with Gasteiger partial charge >= 0.3 is 58.8 Å². The van der Waals surface area contributed by atoms with E-state index in [9.17, 15) is 140 Å². The van der Waals surface area contributed by atoms with Gasteiger partial charge in [-0.05, 0) is 13.8 Å². The van der Waals surface area contributed by atoms with Crippen molar-refractivity contribution in [2.75, 3.05) is 26.4 Å². The summed E-state index contributed by atoms with van der Waals surface area (Å²) in [6, 6.07) is 0.